The molecule has 62 heavy (non-hydrogen) atoms. The van der Waals surface area contributed by atoms with Gasteiger partial charge < -0.3 is 9.80 Å². The highest BCUT2D eigenvalue weighted by Crippen LogP contribution is 2.46. The van der Waals surface area contributed by atoms with E-state index in [9.17, 15) is 18.4 Å². The molecule has 328 valence electrons. The van der Waals surface area contributed by atoms with E-state index in [-0.39, 0.29) is 29.2 Å². The van der Waals surface area contributed by atoms with Crippen molar-refractivity contribution in [1.29, 1.82) is 0 Å². The van der Waals surface area contributed by atoms with Gasteiger partial charge >= 0.3 is 0 Å². The molecule has 0 radical (unpaired) electrons. The highest BCUT2D eigenvalue weighted by Gasteiger charge is 2.42. The Hall–Kier alpha value is -5.00. The summed E-state index contributed by atoms with van der Waals surface area (Å²) in [5, 5.41) is 0. The van der Waals surface area contributed by atoms with Crippen LogP contribution < -0.4 is 4.90 Å². The zero-order valence-corrected chi connectivity index (χ0v) is 36.8. The number of fused-ring (bicyclic) bond motifs is 2. The first-order chi connectivity index (χ1) is 29.5. The van der Waals surface area contributed by atoms with Gasteiger partial charge in [0.2, 0.25) is 0 Å². The Balaban J connectivity index is 0.883. The zero-order chi connectivity index (χ0) is 44.3. The van der Waals surface area contributed by atoms with Gasteiger partial charge in [0.15, 0.2) is 5.78 Å². The van der Waals surface area contributed by atoms with E-state index in [1.54, 1.807) is 9.80 Å². The monoisotopic (exact) mass is 849 g/mol. The third-order valence-electron chi connectivity index (χ3n) is 14.3. The predicted octanol–water partition coefficient (Wildman–Crippen LogP) is 10.3. The number of hydrogen-bond acceptors (Lipinski definition) is 6. The molecular formula is C51H59F4N5O2. The van der Waals surface area contributed by atoms with E-state index in [2.05, 4.69) is 35.6 Å². The van der Waals surface area contributed by atoms with E-state index in [1.807, 2.05) is 62.9 Å². The fourth-order valence-corrected chi connectivity index (χ4v) is 10.8. The van der Waals surface area contributed by atoms with Crippen molar-refractivity contribution in [3.05, 3.63) is 136 Å². The third kappa shape index (κ3) is 8.07. The lowest BCUT2D eigenvalue weighted by molar-refractivity contribution is -0.120. The molecule has 0 N–H and O–H groups in total. The smallest absolute Gasteiger partial charge is 0.259 e. The molecular weight excluding hydrogens is 791 g/mol. The average Bonchev–Trinajstić information content (AvgIpc) is 3.72. The fourth-order valence-electron chi connectivity index (χ4n) is 10.8. The van der Waals surface area contributed by atoms with Crippen molar-refractivity contribution in [3.63, 3.8) is 0 Å². The molecule has 8 rings (SSSR count). The molecule has 0 aliphatic carbocycles. The number of hydrogen-bond donors (Lipinski definition) is 0. The molecule has 2 fully saturated rings. The number of rotatable bonds is 13. The lowest BCUT2D eigenvalue weighted by Gasteiger charge is -2.47. The molecule has 7 nitrogen and oxygen atoms in total. The summed E-state index contributed by atoms with van der Waals surface area (Å²) < 4.78 is 60.5. The second-order valence-corrected chi connectivity index (χ2v) is 18.5. The molecule has 11 heteroatoms. The molecule has 5 aliphatic rings. The van der Waals surface area contributed by atoms with Gasteiger partial charge in [-0.05, 0) is 124 Å². The van der Waals surface area contributed by atoms with E-state index in [4.69, 9.17) is 0 Å². The Kier molecular flexibility index (Phi) is 12.2. The molecule has 2 saturated heterocycles. The van der Waals surface area contributed by atoms with E-state index in [0.717, 1.165) is 78.1 Å². The second kappa shape index (κ2) is 17.3. The Bertz CT molecular complexity index is 2290. The molecule has 0 aromatic heterocycles. The first-order valence-electron chi connectivity index (χ1n) is 22.1. The van der Waals surface area contributed by atoms with Crippen molar-refractivity contribution in [3.8, 4) is 0 Å². The van der Waals surface area contributed by atoms with Crippen molar-refractivity contribution in [2.24, 2.45) is 5.92 Å². The van der Waals surface area contributed by atoms with Gasteiger partial charge in [0.25, 0.3) is 12.3 Å². The fraction of sp³-hybridized carbons (Fsp3) is 0.451. The summed E-state index contributed by atoms with van der Waals surface area (Å²) in [7, 11) is 0. The molecule has 0 bridgehead atoms. The van der Waals surface area contributed by atoms with Crippen LogP contribution in [0.5, 0.6) is 0 Å². The van der Waals surface area contributed by atoms with Gasteiger partial charge in [-0.3, -0.25) is 24.3 Å². The van der Waals surface area contributed by atoms with Gasteiger partial charge in [0.1, 0.15) is 11.6 Å². The first kappa shape index (κ1) is 43.6. The predicted molar refractivity (Wildman–Crippen MR) is 239 cm³/mol. The molecule has 3 aromatic rings. The molecule has 0 saturated carbocycles. The number of aryl methyl sites for hydroxylation is 1. The minimum Gasteiger partial charge on any atom is -0.375 e. The van der Waals surface area contributed by atoms with E-state index < -0.39 is 36.7 Å². The van der Waals surface area contributed by atoms with E-state index in [1.165, 1.54) is 24.6 Å². The van der Waals surface area contributed by atoms with Crippen LogP contribution >= 0.6 is 0 Å². The number of carbonyl (C=O) groups is 2. The standard InChI is InChI=1S/C51H59F4N5O2/c1-29(2)13-14-47(35(8)61)60-34(7)43-20-36-24-57(25-37(36)21-44(43)51(60)62)39-15-17-56(18-16-39)33(6)38-26-58(27-38)40-22-45(52)49(46(53)23-40)50-32(5)42(41-12-10-9-11-30(41)3)19-31(4)59(50)28-48(54)55/h9-12,20-23,31,38-39,47-48,50H,1,6-7,13-19,24-28H2,2-5,8H3/t31?,47?,50-/m0/s1. The van der Waals surface area contributed by atoms with Crippen LogP contribution in [0.15, 0.2) is 85.1 Å². The number of piperidine rings is 1. The van der Waals surface area contributed by atoms with Crippen molar-refractivity contribution in [2.75, 3.05) is 37.6 Å². The third-order valence-corrected chi connectivity index (χ3v) is 14.3. The number of nitrogens with zero attached hydrogens (tertiary/aromatic N) is 5. The first-order valence-corrected chi connectivity index (χ1v) is 22.1. The molecule has 1 amide bonds. The highest BCUT2D eigenvalue weighted by atomic mass is 19.3. The summed E-state index contributed by atoms with van der Waals surface area (Å²) in [5.74, 6) is -1.52. The topological polar surface area (TPSA) is 50.3 Å². The van der Waals surface area contributed by atoms with Gasteiger partial charge in [-0.25, -0.2) is 17.6 Å². The van der Waals surface area contributed by atoms with Crippen molar-refractivity contribution in [2.45, 2.75) is 110 Å². The van der Waals surface area contributed by atoms with Gasteiger partial charge in [0, 0.05) is 91.0 Å². The SMILES string of the molecule is C=C(C)CCC(C(C)=O)N1C(=C)c2cc3c(cc2C1=O)CN(C1CCN(C(=C)C2CN(c4cc(F)c([C@@H]5C(C)=C(c6ccccc6C)CC(C)N5CC(F)F)c(F)c4)C2)CC1)C3. The molecule has 5 aliphatic heterocycles. The van der Waals surface area contributed by atoms with Crippen LogP contribution in [-0.2, 0) is 17.9 Å². The molecule has 3 atom stereocenters. The van der Waals surface area contributed by atoms with Crippen LogP contribution in [0.3, 0.4) is 0 Å². The summed E-state index contributed by atoms with van der Waals surface area (Å²) in [6, 6.07) is 13.2. The van der Waals surface area contributed by atoms with Gasteiger partial charge in [-0.1, -0.05) is 43.0 Å². The maximum atomic E-state index is 16.3. The van der Waals surface area contributed by atoms with Crippen LogP contribution in [0.25, 0.3) is 11.3 Å². The van der Waals surface area contributed by atoms with Gasteiger partial charge in [0.05, 0.1) is 18.6 Å². The summed E-state index contributed by atoms with van der Waals surface area (Å²) in [4.78, 5) is 36.3. The molecule has 3 aromatic carbocycles. The summed E-state index contributed by atoms with van der Waals surface area (Å²) in [6.07, 6.45) is 0.970. The lowest BCUT2D eigenvalue weighted by Crippen LogP contribution is -2.52. The number of Topliss-reactive ketones (excluding diaryl/α,β-unsaturated/α-hetero) is 1. The normalized spacial score (nSPS) is 21.8. The number of amides is 1. The number of halogens is 4. The number of benzene rings is 3. The van der Waals surface area contributed by atoms with E-state index >= 15 is 8.78 Å². The van der Waals surface area contributed by atoms with Crippen LogP contribution in [0.1, 0.15) is 110 Å². The largest absolute Gasteiger partial charge is 0.375 e. The van der Waals surface area contributed by atoms with Gasteiger partial charge in [-0.15, -0.1) is 6.58 Å². The maximum Gasteiger partial charge on any atom is 0.259 e. The number of carbonyl (C=O) groups excluding carboxylic acids is 2. The molecule has 5 heterocycles. The van der Waals surface area contributed by atoms with E-state index in [0.29, 0.717) is 60.9 Å². The molecule has 0 spiro atoms. The number of allylic oxidation sites excluding steroid dienone is 1. The second-order valence-electron chi connectivity index (χ2n) is 18.5. The molecule has 2 unspecified atom stereocenters. The van der Waals surface area contributed by atoms with Gasteiger partial charge in [-0.2, -0.15) is 0 Å². The summed E-state index contributed by atoms with van der Waals surface area (Å²) >= 11 is 0. The maximum absolute atomic E-state index is 16.3. The Morgan fingerprint density at radius 2 is 1.53 bits per heavy atom. The summed E-state index contributed by atoms with van der Waals surface area (Å²) in [6.45, 7) is 25.7. The Labute approximate surface area is 364 Å². The quantitative estimate of drug-likeness (QED) is 0.126. The minimum atomic E-state index is -2.65. The van der Waals surface area contributed by atoms with Crippen LogP contribution in [0.4, 0.5) is 23.2 Å². The Morgan fingerprint density at radius 1 is 0.903 bits per heavy atom. The van der Waals surface area contributed by atoms with Crippen LogP contribution in [-0.4, -0.2) is 88.6 Å². The number of alkyl halides is 2. The number of anilines is 1. The van der Waals surface area contributed by atoms with Crippen molar-refractivity contribution < 1.29 is 27.2 Å². The lowest BCUT2D eigenvalue weighted by atomic mass is 9.81. The van der Waals surface area contributed by atoms with Crippen molar-refractivity contribution >= 4 is 28.6 Å². The highest BCUT2D eigenvalue weighted by molar-refractivity contribution is 6.11. The number of ketones is 1. The minimum absolute atomic E-state index is 0.0540. The average molecular weight is 850 g/mol. The van der Waals surface area contributed by atoms with Crippen LogP contribution in [0.2, 0.25) is 0 Å². The van der Waals surface area contributed by atoms with Crippen LogP contribution in [0, 0.1) is 24.5 Å². The van der Waals surface area contributed by atoms with Crippen molar-refractivity contribution in [1.82, 2.24) is 19.6 Å². The zero-order valence-electron chi connectivity index (χ0n) is 36.8. The number of likely N-dealkylation sites (tertiary alicyclic amines) is 1. The summed E-state index contributed by atoms with van der Waals surface area (Å²) in [5.41, 5.74) is 10.3. The Morgan fingerprint density at radius 3 is 2.13 bits per heavy atom.